The van der Waals surface area contributed by atoms with Crippen molar-refractivity contribution in [3.05, 3.63) is 23.9 Å². The van der Waals surface area contributed by atoms with Crippen LogP contribution in [0.3, 0.4) is 0 Å². The highest BCUT2D eigenvalue weighted by atomic mass is 16.3. The van der Waals surface area contributed by atoms with Crippen LogP contribution in [-0.4, -0.2) is 22.7 Å². The maximum absolute atomic E-state index is 8.97. The van der Waals surface area contributed by atoms with Crippen molar-refractivity contribution in [1.82, 2.24) is 4.98 Å². The van der Waals surface area contributed by atoms with Gasteiger partial charge in [0.25, 0.3) is 0 Å². The van der Waals surface area contributed by atoms with Gasteiger partial charge in [-0.15, -0.1) is 0 Å². The van der Waals surface area contributed by atoms with Gasteiger partial charge in [0.2, 0.25) is 0 Å². The molecule has 1 aromatic heterocycles. The zero-order valence-corrected chi connectivity index (χ0v) is 9.70. The van der Waals surface area contributed by atoms with Crippen LogP contribution in [0.2, 0.25) is 0 Å². The Labute approximate surface area is 91.5 Å². The minimum atomic E-state index is 0.210. The zero-order valence-electron chi connectivity index (χ0n) is 9.70. The molecule has 0 aliphatic rings. The van der Waals surface area contributed by atoms with Crippen LogP contribution in [0.15, 0.2) is 18.3 Å². The van der Waals surface area contributed by atoms with Gasteiger partial charge in [0.1, 0.15) is 5.82 Å². The number of aliphatic hydroxyl groups excluding tert-OH is 1. The van der Waals surface area contributed by atoms with Gasteiger partial charge >= 0.3 is 0 Å². The summed E-state index contributed by atoms with van der Waals surface area (Å²) in [6, 6.07) is 4.24. The third-order valence-corrected chi connectivity index (χ3v) is 2.58. The Hall–Kier alpha value is -1.09. The molecule has 1 unspecified atom stereocenters. The number of aromatic nitrogens is 1. The molecule has 1 rings (SSSR count). The summed E-state index contributed by atoms with van der Waals surface area (Å²) in [5, 5.41) is 12.3. The van der Waals surface area contributed by atoms with Gasteiger partial charge in [-0.25, -0.2) is 4.98 Å². The minimum Gasteiger partial charge on any atom is -0.396 e. The lowest BCUT2D eigenvalue weighted by Crippen LogP contribution is -2.27. The molecule has 0 aliphatic heterocycles. The van der Waals surface area contributed by atoms with Crippen LogP contribution < -0.4 is 5.32 Å². The van der Waals surface area contributed by atoms with Crippen LogP contribution in [0.5, 0.6) is 0 Å². The standard InChI is InChI=1S/C12H20N2O/c1-9(2)11(6-8-15)14-12-10(3)5-4-7-13-12/h4-5,7,9,11,15H,6,8H2,1-3H3,(H,13,14). The fourth-order valence-corrected chi connectivity index (χ4v) is 1.52. The molecule has 0 saturated carbocycles. The number of hydrogen-bond donors (Lipinski definition) is 2. The molecule has 0 aromatic carbocycles. The van der Waals surface area contributed by atoms with Gasteiger partial charge in [-0.3, -0.25) is 0 Å². The van der Waals surface area contributed by atoms with Crippen molar-refractivity contribution in [2.75, 3.05) is 11.9 Å². The molecule has 0 bridgehead atoms. The summed E-state index contributed by atoms with van der Waals surface area (Å²) in [7, 11) is 0. The first kappa shape index (κ1) is 12.0. The summed E-state index contributed by atoms with van der Waals surface area (Å²) in [4.78, 5) is 4.29. The Balaban J connectivity index is 2.69. The van der Waals surface area contributed by atoms with Crippen LogP contribution in [0.4, 0.5) is 5.82 Å². The number of anilines is 1. The van der Waals surface area contributed by atoms with E-state index in [0.29, 0.717) is 5.92 Å². The van der Waals surface area contributed by atoms with Gasteiger partial charge < -0.3 is 10.4 Å². The van der Waals surface area contributed by atoms with Gasteiger partial charge in [-0.05, 0) is 30.9 Å². The third kappa shape index (κ3) is 3.51. The summed E-state index contributed by atoms with van der Waals surface area (Å²) in [6.07, 6.45) is 2.54. The number of nitrogens with one attached hydrogen (secondary N) is 1. The number of hydrogen-bond acceptors (Lipinski definition) is 3. The van der Waals surface area contributed by atoms with Crippen LogP contribution in [-0.2, 0) is 0 Å². The first-order valence-electron chi connectivity index (χ1n) is 5.44. The number of aliphatic hydroxyl groups is 1. The SMILES string of the molecule is Cc1cccnc1NC(CCO)C(C)C. The minimum absolute atomic E-state index is 0.210. The molecule has 1 aromatic rings. The largest absolute Gasteiger partial charge is 0.396 e. The monoisotopic (exact) mass is 208 g/mol. The molecule has 0 aliphatic carbocycles. The van der Waals surface area contributed by atoms with E-state index in [4.69, 9.17) is 5.11 Å². The molecule has 0 fully saturated rings. The number of aryl methyl sites for hydroxylation is 1. The lowest BCUT2D eigenvalue weighted by molar-refractivity contribution is 0.267. The summed E-state index contributed by atoms with van der Waals surface area (Å²) in [6.45, 7) is 6.53. The Kier molecular flexibility index (Phi) is 4.56. The van der Waals surface area contributed by atoms with Crippen LogP contribution in [0, 0.1) is 12.8 Å². The van der Waals surface area contributed by atoms with Crippen molar-refractivity contribution in [1.29, 1.82) is 0 Å². The highest BCUT2D eigenvalue weighted by Gasteiger charge is 2.13. The average molecular weight is 208 g/mol. The Morgan fingerprint density at radius 1 is 1.47 bits per heavy atom. The molecular weight excluding hydrogens is 188 g/mol. The maximum atomic E-state index is 8.97. The number of pyridine rings is 1. The molecule has 0 spiro atoms. The van der Waals surface area contributed by atoms with Gasteiger partial charge in [0.15, 0.2) is 0 Å². The average Bonchev–Trinajstić information content (AvgIpc) is 2.20. The first-order valence-corrected chi connectivity index (χ1v) is 5.44. The second kappa shape index (κ2) is 5.71. The van der Waals surface area contributed by atoms with E-state index in [1.54, 1.807) is 6.20 Å². The van der Waals surface area contributed by atoms with E-state index in [9.17, 15) is 0 Å². The van der Waals surface area contributed by atoms with Gasteiger partial charge in [0, 0.05) is 18.8 Å². The first-order chi connectivity index (χ1) is 7.15. The molecule has 15 heavy (non-hydrogen) atoms. The molecule has 3 heteroatoms. The fraction of sp³-hybridized carbons (Fsp3) is 0.583. The van der Waals surface area contributed by atoms with E-state index >= 15 is 0 Å². The molecular formula is C12H20N2O. The maximum Gasteiger partial charge on any atom is 0.129 e. The molecule has 2 N–H and O–H groups in total. The molecule has 0 radical (unpaired) electrons. The molecule has 1 atom stereocenters. The smallest absolute Gasteiger partial charge is 0.129 e. The normalized spacial score (nSPS) is 12.9. The van der Waals surface area contributed by atoms with Crippen molar-refractivity contribution in [2.24, 2.45) is 5.92 Å². The van der Waals surface area contributed by atoms with Crippen LogP contribution >= 0.6 is 0 Å². The van der Waals surface area contributed by atoms with Crippen molar-refractivity contribution < 1.29 is 5.11 Å². The van der Waals surface area contributed by atoms with Crippen molar-refractivity contribution in [2.45, 2.75) is 33.2 Å². The van der Waals surface area contributed by atoms with Crippen LogP contribution in [0.1, 0.15) is 25.8 Å². The molecule has 3 nitrogen and oxygen atoms in total. The van der Waals surface area contributed by atoms with Crippen LogP contribution in [0.25, 0.3) is 0 Å². The van der Waals surface area contributed by atoms with Gasteiger partial charge in [0.05, 0.1) is 0 Å². The quantitative estimate of drug-likeness (QED) is 0.779. The van der Waals surface area contributed by atoms with E-state index < -0.39 is 0 Å². The van der Waals surface area contributed by atoms with Crippen molar-refractivity contribution in [3.63, 3.8) is 0 Å². The molecule has 0 amide bonds. The second-order valence-electron chi connectivity index (χ2n) is 4.18. The topological polar surface area (TPSA) is 45.2 Å². The highest BCUT2D eigenvalue weighted by Crippen LogP contribution is 2.16. The predicted molar refractivity (Wildman–Crippen MR) is 62.9 cm³/mol. The van der Waals surface area contributed by atoms with E-state index in [0.717, 1.165) is 17.8 Å². The van der Waals surface area contributed by atoms with Gasteiger partial charge in [-0.1, -0.05) is 19.9 Å². The lowest BCUT2D eigenvalue weighted by atomic mass is 10.0. The summed E-state index contributed by atoms with van der Waals surface area (Å²) in [5.41, 5.74) is 1.14. The van der Waals surface area contributed by atoms with Crippen molar-refractivity contribution >= 4 is 5.82 Å². The molecule has 84 valence electrons. The molecule has 1 heterocycles. The number of rotatable bonds is 5. The van der Waals surface area contributed by atoms with Gasteiger partial charge in [-0.2, -0.15) is 0 Å². The zero-order chi connectivity index (χ0) is 11.3. The lowest BCUT2D eigenvalue weighted by Gasteiger charge is -2.22. The van der Waals surface area contributed by atoms with Crippen molar-refractivity contribution in [3.8, 4) is 0 Å². The van der Waals surface area contributed by atoms with E-state index in [1.807, 2.05) is 19.1 Å². The predicted octanol–water partition coefficient (Wildman–Crippen LogP) is 2.21. The Morgan fingerprint density at radius 2 is 2.20 bits per heavy atom. The Morgan fingerprint density at radius 3 is 2.73 bits per heavy atom. The number of nitrogens with zero attached hydrogens (tertiary/aromatic N) is 1. The van der Waals surface area contributed by atoms with E-state index in [-0.39, 0.29) is 12.6 Å². The summed E-state index contributed by atoms with van der Waals surface area (Å²) < 4.78 is 0. The third-order valence-electron chi connectivity index (χ3n) is 2.58. The van der Waals surface area contributed by atoms with E-state index in [2.05, 4.69) is 24.1 Å². The fourth-order valence-electron chi connectivity index (χ4n) is 1.52. The van der Waals surface area contributed by atoms with E-state index in [1.165, 1.54) is 0 Å². The summed E-state index contributed by atoms with van der Waals surface area (Å²) in [5.74, 6) is 1.41. The highest BCUT2D eigenvalue weighted by molar-refractivity contribution is 5.43. The molecule has 0 saturated heterocycles. The Bertz CT molecular complexity index is 299. The summed E-state index contributed by atoms with van der Waals surface area (Å²) >= 11 is 0. The second-order valence-corrected chi connectivity index (χ2v) is 4.18.